The van der Waals surface area contributed by atoms with Crippen LogP contribution < -0.4 is 0 Å². The van der Waals surface area contributed by atoms with E-state index in [1.165, 1.54) is 0 Å². The van der Waals surface area contributed by atoms with Gasteiger partial charge in [0.05, 0.1) is 31.4 Å². The lowest BCUT2D eigenvalue weighted by atomic mass is 10.0. The minimum atomic E-state index is -0.852. The molecule has 6 nitrogen and oxygen atoms in total. The Balaban J connectivity index is 1.98. The molecular weight excluding hydrogens is 363 g/mol. The van der Waals surface area contributed by atoms with E-state index in [4.69, 9.17) is 33.5 Å². The maximum Gasteiger partial charge on any atom is 0.0888 e. The summed E-state index contributed by atoms with van der Waals surface area (Å²) in [5.74, 6) is 0. The van der Waals surface area contributed by atoms with Crippen LogP contribution in [0.5, 0.6) is 0 Å². The number of aliphatic hydroxyl groups is 1. The minimum absolute atomic E-state index is 0.205. The van der Waals surface area contributed by atoms with Crippen LogP contribution in [0, 0.1) is 0 Å². The molecule has 1 fully saturated rings. The molecule has 1 N–H and O–H groups in total. The smallest absolute Gasteiger partial charge is 0.0888 e. The van der Waals surface area contributed by atoms with Gasteiger partial charge in [0.1, 0.15) is 0 Å². The molecular formula is C17H14Cl2N4O2. The van der Waals surface area contributed by atoms with E-state index in [-0.39, 0.29) is 12.6 Å². The summed E-state index contributed by atoms with van der Waals surface area (Å²) in [6.45, 7) is 0.527. The molecule has 1 aliphatic rings. The third-order valence-corrected chi connectivity index (χ3v) is 5.09. The van der Waals surface area contributed by atoms with Gasteiger partial charge in [-0.2, -0.15) is 0 Å². The van der Waals surface area contributed by atoms with E-state index < -0.39 is 12.1 Å². The largest absolute Gasteiger partial charge is 0.390 e. The van der Waals surface area contributed by atoms with E-state index in [0.29, 0.717) is 16.7 Å². The van der Waals surface area contributed by atoms with Gasteiger partial charge in [0.15, 0.2) is 0 Å². The fraction of sp³-hybridized carbons (Fsp3) is 0.294. The van der Waals surface area contributed by atoms with Gasteiger partial charge < -0.3 is 14.4 Å². The van der Waals surface area contributed by atoms with E-state index in [1.807, 2.05) is 41.0 Å². The molecule has 25 heavy (non-hydrogen) atoms. The molecule has 4 rings (SSSR count). The van der Waals surface area contributed by atoms with Crippen LogP contribution >= 0.6 is 23.2 Å². The Morgan fingerprint density at radius 2 is 1.68 bits per heavy atom. The van der Waals surface area contributed by atoms with Crippen LogP contribution in [0.1, 0.15) is 6.04 Å². The minimum Gasteiger partial charge on any atom is -0.390 e. The highest BCUT2D eigenvalue weighted by atomic mass is 35.5. The van der Waals surface area contributed by atoms with E-state index in [9.17, 15) is 5.11 Å². The summed E-state index contributed by atoms with van der Waals surface area (Å²) in [4.78, 5) is 2.81. The van der Waals surface area contributed by atoms with Gasteiger partial charge in [0, 0.05) is 36.8 Å². The summed E-state index contributed by atoms with van der Waals surface area (Å²) in [5, 5.41) is 17.5. The number of halogens is 2. The number of nitrogens with zero attached hydrogens (tertiary/aromatic N) is 4. The number of hydrogen-bond acceptors (Lipinski definition) is 3. The third kappa shape index (κ3) is 2.72. The number of rotatable bonds is 2. The van der Waals surface area contributed by atoms with Crippen molar-refractivity contribution in [3.8, 4) is 0 Å². The van der Waals surface area contributed by atoms with Crippen molar-refractivity contribution in [3.63, 3.8) is 0 Å². The number of benzene rings is 2. The first-order valence-electron chi connectivity index (χ1n) is 7.79. The summed E-state index contributed by atoms with van der Waals surface area (Å²) in [6.07, 6.45) is -0.852. The van der Waals surface area contributed by atoms with E-state index >= 15 is 0 Å². The molecule has 1 aromatic heterocycles. The molecule has 1 unspecified atom stereocenters. The summed E-state index contributed by atoms with van der Waals surface area (Å²) >= 11 is 12.4. The SMILES string of the molecule is [N-]=[N+]=NC1COC[C@@H](n2c3ccc(Cl)cc3c3cc(Cl)ccc32)[C@@H]1O. The van der Waals surface area contributed by atoms with Crippen LogP contribution in [0.25, 0.3) is 32.2 Å². The average Bonchev–Trinajstić information content (AvgIpc) is 2.90. The zero-order valence-electron chi connectivity index (χ0n) is 13.0. The fourth-order valence-corrected chi connectivity index (χ4v) is 3.86. The van der Waals surface area contributed by atoms with Crippen LogP contribution in [0.4, 0.5) is 0 Å². The number of fused-ring (bicyclic) bond motifs is 3. The topological polar surface area (TPSA) is 83.2 Å². The van der Waals surface area contributed by atoms with Gasteiger partial charge in [-0.3, -0.25) is 0 Å². The molecule has 0 radical (unpaired) electrons. The first-order valence-corrected chi connectivity index (χ1v) is 8.54. The molecule has 1 aliphatic heterocycles. The summed E-state index contributed by atoms with van der Waals surface area (Å²) < 4.78 is 7.60. The molecule has 2 aromatic carbocycles. The van der Waals surface area contributed by atoms with Gasteiger partial charge in [-0.1, -0.05) is 28.3 Å². The van der Waals surface area contributed by atoms with Gasteiger partial charge in [-0.15, -0.1) is 0 Å². The molecule has 8 heteroatoms. The Kier molecular flexibility index (Phi) is 4.23. The van der Waals surface area contributed by atoms with Gasteiger partial charge in [-0.25, -0.2) is 0 Å². The first kappa shape index (κ1) is 16.5. The zero-order valence-corrected chi connectivity index (χ0v) is 14.5. The van der Waals surface area contributed by atoms with Gasteiger partial charge in [0.25, 0.3) is 0 Å². The molecule has 0 spiro atoms. The third-order valence-electron chi connectivity index (χ3n) is 4.62. The average molecular weight is 377 g/mol. The van der Waals surface area contributed by atoms with Crippen molar-refractivity contribution in [1.82, 2.24) is 4.57 Å². The number of hydrogen-bond donors (Lipinski definition) is 1. The molecule has 0 amide bonds. The van der Waals surface area contributed by atoms with Crippen LogP contribution in [-0.4, -0.2) is 35.0 Å². The van der Waals surface area contributed by atoms with Crippen molar-refractivity contribution in [2.24, 2.45) is 5.11 Å². The molecule has 0 aliphatic carbocycles. The Labute approximate surface area is 153 Å². The van der Waals surface area contributed by atoms with Crippen LogP contribution in [0.3, 0.4) is 0 Å². The highest BCUT2D eigenvalue weighted by molar-refractivity contribution is 6.33. The fourth-order valence-electron chi connectivity index (χ4n) is 3.51. The normalized spacial score (nSPS) is 23.7. The van der Waals surface area contributed by atoms with Gasteiger partial charge in [0.2, 0.25) is 0 Å². The Morgan fingerprint density at radius 3 is 2.24 bits per heavy atom. The second kappa shape index (κ2) is 6.41. The molecule has 3 atom stereocenters. The predicted octanol–water partition coefficient (Wildman–Crippen LogP) is 4.71. The number of azide groups is 1. The van der Waals surface area contributed by atoms with Gasteiger partial charge in [-0.05, 0) is 41.9 Å². The number of aromatic nitrogens is 1. The van der Waals surface area contributed by atoms with E-state index in [0.717, 1.165) is 21.8 Å². The lowest BCUT2D eigenvalue weighted by molar-refractivity contribution is -0.0413. The molecule has 128 valence electrons. The van der Waals surface area contributed by atoms with Crippen molar-refractivity contribution < 1.29 is 9.84 Å². The Bertz CT molecular complexity index is 953. The maximum atomic E-state index is 10.7. The zero-order chi connectivity index (χ0) is 17.6. The molecule has 0 saturated carbocycles. The van der Waals surface area contributed by atoms with E-state index in [2.05, 4.69) is 10.0 Å². The van der Waals surface area contributed by atoms with Crippen molar-refractivity contribution in [2.45, 2.75) is 18.2 Å². The summed E-state index contributed by atoms with van der Waals surface area (Å²) in [7, 11) is 0. The quantitative estimate of drug-likeness (QED) is 0.398. The predicted molar refractivity (Wildman–Crippen MR) is 98.3 cm³/mol. The van der Waals surface area contributed by atoms with Crippen molar-refractivity contribution in [1.29, 1.82) is 0 Å². The van der Waals surface area contributed by atoms with Crippen molar-refractivity contribution >= 4 is 45.0 Å². The molecule has 3 aromatic rings. The summed E-state index contributed by atoms with van der Waals surface area (Å²) in [5.41, 5.74) is 10.5. The molecule has 1 saturated heterocycles. The second-order valence-corrected chi connectivity index (χ2v) is 6.93. The van der Waals surface area contributed by atoms with Crippen LogP contribution in [-0.2, 0) is 4.74 Å². The number of aliphatic hydroxyl groups excluding tert-OH is 1. The highest BCUT2D eigenvalue weighted by Crippen LogP contribution is 2.37. The molecule has 2 heterocycles. The lowest BCUT2D eigenvalue weighted by Crippen LogP contribution is -2.43. The van der Waals surface area contributed by atoms with E-state index in [1.54, 1.807) is 0 Å². The monoisotopic (exact) mass is 376 g/mol. The van der Waals surface area contributed by atoms with Crippen molar-refractivity contribution in [2.75, 3.05) is 13.2 Å². The first-order chi connectivity index (χ1) is 12.1. The lowest BCUT2D eigenvalue weighted by Gasteiger charge is -2.34. The van der Waals surface area contributed by atoms with Gasteiger partial charge >= 0.3 is 0 Å². The Hall–Kier alpha value is -1.95. The van der Waals surface area contributed by atoms with Crippen LogP contribution in [0.2, 0.25) is 10.0 Å². The molecule has 0 bridgehead atoms. The highest BCUT2D eigenvalue weighted by Gasteiger charge is 2.34. The maximum absolute atomic E-state index is 10.7. The standard InChI is InChI=1S/C17H14Cl2N4O2/c18-9-1-3-14-11(5-9)12-6-10(19)2-4-15(12)23(14)16-8-25-7-13(17(16)24)21-22-20/h1-6,13,16-17,24H,7-8H2/t13?,16-,17-/m1/s1. The van der Waals surface area contributed by atoms with Crippen molar-refractivity contribution in [3.05, 3.63) is 56.9 Å². The number of ether oxygens (including phenoxy) is 1. The Morgan fingerprint density at radius 1 is 1.08 bits per heavy atom. The summed E-state index contributed by atoms with van der Waals surface area (Å²) in [6, 6.07) is 10.2. The van der Waals surface area contributed by atoms with Crippen LogP contribution in [0.15, 0.2) is 41.5 Å². The second-order valence-electron chi connectivity index (χ2n) is 6.06.